The van der Waals surface area contributed by atoms with Crippen molar-refractivity contribution in [2.45, 2.75) is 24.9 Å². The Bertz CT molecular complexity index is 1340. The van der Waals surface area contributed by atoms with Gasteiger partial charge in [0.15, 0.2) is 0 Å². The SMILES string of the molecule is O=C(Nc1ccc(Oc2ccc(CN3CCOCC3)nc2)c2ccccc12)NC1CC1c1cccs1. The number of ether oxygens (including phenoxy) is 2. The highest BCUT2D eigenvalue weighted by molar-refractivity contribution is 7.10. The Kier molecular flexibility index (Phi) is 6.55. The summed E-state index contributed by atoms with van der Waals surface area (Å²) in [6, 6.07) is 19.9. The van der Waals surface area contributed by atoms with Gasteiger partial charge in [-0.1, -0.05) is 30.3 Å². The summed E-state index contributed by atoms with van der Waals surface area (Å²) in [5.41, 5.74) is 1.76. The first-order valence-electron chi connectivity index (χ1n) is 12.3. The van der Waals surface area contributed by atoms with Crippen LogP contribution < -0.4 is 15.4 Å². The van der Waals surface area contributed by atoms with Crippen LogP contribution in [0.25, 0.3) is 10.8 Å². The molecule has 1 saturated carbocycles. The average Bonchev–Trinajstić information content (AvgIpc) is 3.44. The number of morpholine rings is 1. The summed E-state index contributed by atoms with van der Waals surface area (Å²) >= 11 is 1.74. The molecule has 1 aliphatic heterocycles. The van der Waals surface area contributed by atoms with E-state index in [1.807, 2.05) is 48.5 Å². The third-order valence-electron chi connectivity index (χ3n) is 6.66. The number of carbonyl (C=O) groups excluding carboxylic acids is 1. The van der Waals surface area contributed by atoms with E-state index in [4.69, 9.17) is 9.47 Å². The highest BCUT2D eigenvalue weighted by atomic mass is 32.1. The van der Waals surface area contributed by atoms with Gasteiger partial charge in [0, 0.05) is 47.2 Å². The fourth-order valence-electron chi connectivity index (χ4n) is 4.65. The van der Waals surface area contributed by atoms with Crippen molar-refractivity contribution < 1.29 is 14.3 Å². The van der Waals surface area contributed by atoms with Crippen LogP contribution in [0.2, 0.25) is 0 Å². The molecule has 0 spiro atoms. The third-order valence-corrected chi connectivity index (χ3v) is 7.67. The van der Waals surface area contributed by atoms with Gasteiger partial charge in [0.05, 0.1) is 30.8 Å². The molecular formula is C28H28N4O3S. The predicted molar refractivity (Wildman–Crippen MR) is 142 cm³/mol. The van der Waals surface area contributed by atoms with E-state index in [-0.39, 0.29) is 12.1 Å². The monoisotopic (exact) mass is 500 g/mol. The van der Waals surface area contributed by atoms with Gasteiger partial charge in [-0.25, -0.2) is 4.79 Å². The van der Waals surface area contributed by atoms with Crippen LogP contribution in [0, 0.1) is 0 Å². The van der Waals surface area contributed by atoms with Gasteiger partial charge in [-0.2, -0.15) is 0 Å². The number of nitrogens with one attached hydrogen (secondary N) is 2. The minimum atomic E-state index is -0.182. The van der Waals surface area contributed by atoms with E-state index in [0.29, 0.717) is 11.7 Å². The van der Waals surface area contributed by atoms with Crippen molar-refractivity contribution in [3.8, 4) is 11.5 Å². The number of aromatic nitrogens is 1. The molecule has 2 N–H and O–H groups in total. The summed E-state index contributed by atoms with van der Waals surface area (Å²) in [5, 5.41) is 10.1. The van der Waals surface area contributed by atoms with Crippen LogP contribution in [0.15, 0.2) is 72.2 Å². The van der Waals surface area contributed by atoms with E-state index in [9.17, 15) is 4.79 Å². The number of benzene rings is 2. The molecule has 7 nitrogen and oxygen atoms in total. The molecule has 2 amide bonds. The Labute approximate surface area is 214 Å². The lowest BCUT2D eigenvalue weighted by molar-refractivity contribution is 0.0336. The minimum absolute atomic E-state index is 0.182. The van der Waals surface area contributed by atoms with E-state index in [1.54, 1.807) is 17.5 Å². The molecule has 2 aromatic heterocycles. The number of fused-ring (bicyclic) bond motifs is 1. The number of thiophene rings is 1. The maximum atomic E-state index is 12.7. The second-order valence-electron chi connectivity index (χ2n) is 9.20. The highest BCUT2D eigenvalue weighted by Crippen LogP contribution is 2.43. The van der Waals surface area contributed by atoms with Gasteiger partial charge < -0.3 is 20.1 Å². The fourth-order valence-corrected chi connectivity index (χ4v) is 5.55. The Morgan fingerprint density at radius 3 is 2.69 bits per heavy atom. The van der Waals surface area contributed by atoms with E-state index in [0.717, 1.165) is 67.2 Å². The normalized spacial score (nSPS) is 19.7. The molecule has 0 bridgehead atoms. The second-order valence-corrected chi connectivity index (χ2v) is 10.2. The van der Waals surface area contributed by atoms with Gasteiger partial charge in [0.25, 0.3) is 0 Å². The van der Waals surface area contributed by atoms with Crippen molar-refractivity contribution >= 4 is 33.8 Å². The quantitative estimate of drug-likeness (QED) is 0.346. The number of hydrogen-bond donors (Lipinski definition) is 2. The summed E-state index contributed by atoms with van der Waals surface area (Å²) in [7, 11) is 0. The zero-order valence-electron chi connectivity index (χ0n) is 19.9. The summed E-state index contributed by atoms with van der Waals surface area (Å²) in [6.07, 6.45) is 2.75. The van der Waals surface area contributed by atoms with Gasteiger partial charge >= 0.3 is 6.03 Å². The standard InChI is InChI=1S/C28H28N4O3S/c33-28(31-25-16-23(25)27-6-3-15-36-27)30-24-9-10-26(22-5-2-1-4-21(22)24)35-20-8-7-19(29-17-20)18-32-11-13-34-14-12-32/h1-10,15,17,23,25H,11-14,16,18H2,(H2,30,31,33). The fraction of sp³-hybridized carbons (Fsp3) is 0.286. The zero-order chi connectivity index (χ0) is 24.3. The molecular weight excluding hydrogens is 472 g/mol. The number of nitrogens with zero attached hydrogens (tertiary/aromatic N) is 2. The average molecular weight is 501 g/mol. The number of anilines is 1. The van der Waals surface area contributed by atoms with Crippen LogP contribution in [-0.2, 0) is 11.3 Å². The summed E-state index contributed by atoms with van der Waals surface area (Å²) < 4.78 is 11.6. The molecule has 2 unspecified atom stereocenters. The lowest BCUT2D eigenvalue weighted by atomic mass is 10.1. The zero-order valence-corrected chi connectivity index (χ0v) is 20.7. The Balaban J connectivity index is 1.12. The molecule has 1 saturated heterocycles. The molecule has 1 aliphatic carbocycles. The van der Waals surface area contributed by atoms with E-state index >= 15 is 0 Å². The smallest absolute Gasteiger partial charge is 0.319 e. The molecule has 8 heteroatoms. The lowest BCUT2D eigenvalue weighted by Gasteiger charge is -2.26. The highest BCUT2D eigenvalue weighted by Gasteiger charge is 2.40. The number of urea groups is 1. The predicted octanol–water partition coefficient (Wildman–Crippen LogP) is 5.60. The maximum Gasteiger partial charge on any atom is 0.319 e. The van der Waals surface area contributed by atoms with Gasteiger partial charge in [0.2, 0.25) is 0 Å². The van der Waals surface area contributed by atoms with Crippen molar-refractivity contribution in [3.05, 3.63) is 82.8 Å². The molecule has 0 radical (unpaired) electrons. The topological polar surface area (TPSA) is 75.7 Å². The van der Waals surface area contributed by atoms with E-state index < -0.39 is 0 Å². The van der Waals surface area contributed by atoms with Crippen LogP contribution in [-0.4, -0.2) is 48.3 Å². The van der Waals surface area contributed by atoms with Gasteiger partial charge in [-0.3, -0.25) is 9.88 Å². The number of rotatable bonds is 7. The molecule has 2 aliphatic rings. The number of carbonyl (C=O) groups is 1. The Hall–Kier alpha value is -3.46. The van der Waals surface area contributed by atoms with Gasteiger partial charge in [-0.05, 0) is 42.1 Å². The first-order valence-corrected chi connectivity index (χ1v) is 13.2. The first-order chi connectivity index (χ1) is 17.7. The van der Waals surface area contributed by atoms with Gasteiger partial charge in [0.1, 0.15) is 11.5 Å². The lowest BCUT2D eigenvalue weighted by Crippen LogP contribution is -2.35. The molecule has 36 heavy (non-hydrogen) atoms. The summed E-state index contributed by atoms with van der Waals surface area (Å²) in [6.45, 7) is 4.22. The van der Waals surface area contributed by atoms with Crippen LogP contribution in [0.5, 0.6) is 11.5 Å². The molecule has 2 atom stereocenters. The van der Waals surface area contributed by atoms with Crippen LogP contribution in [0.1, 0.15) is 22.9 Å². The number of hydrogen-bond acceptors (Lipinski definition) is 6. The van der Waals surface area contributed by atoms with E-state index in [2.05, 4.69) is 38.0 Å². The Morgan fingerprint density at radius 1 is 1.06 bits per heavy atom. The minimum Gasteiger partial charge on any atom is -0.455 e. The molecule has 4 aromatic rings. The molecule has 2 aromatic carbocycles. The molecule has 6 rings (SSSR count). The molecule has 2 fully saturated rings. The summed E-state index contributed by atoms with van der Waals surface area (Å²) in [4.78, 5) is 21.0. The number of amides is 2. The van der Waals surface area contributed by atoms with Crippen molar-refractivity contribution in [1.29, 1.82) is 0 Å². The molecule has 184 valence electrons. The van der Waals surface area contributed by atoms with Crippen molar-refractivity contribution in [2.75, 3.05) is 31.6 Å². The van der Waals surface area contributed by atoms with Crippen LogP contribution >= 0.6 is 11.3 Å². The first kappa shape index (κ1) is 23.0. The van der Waals surface area contributed by atoms with Gasteiger partial charge in [-0.15, -0.1) is 11.3 Å². The van der Waals surface area contributed by atoms with Crippen LogP contribution in [0.3, 0.4) is 0 Å². The van der Waals surface area contributed by atoms with E-state index in [1.165, 1.54) is 4.88 Å². The Morgan fingerprint density at radius 2 is 1.92 bits per heavy atom. The second kappa shape index (κ2) is 10.3. The van der Waals surface area contributed by atoms with Crippen molar-refractivity contribution in [3.63, 3.8) is 0 Å². The molecule has 3 heterocycles. The van der Waals surface area contributed by atoms with Crippen LogP contribution in [0.4, 0.5) is 10.5 Å². The number of pyridine rings is 1. The third kappa shape index (κ3) is 5.21. The maximum absolute atomic E-state index is 12.7. The largest absolute Gasteiger partial charge is 0.455 e. The summed E-state index contributed by atoms with van der Waals surface area (Å²) in [5.74, 6) is 1.83. The van der Waals surface area contributed by atoms with Crippen molar-refractivity contribution in [1.82, 2.24) is 15.2 Å². The van der Waals surface area contributed by atoms with Crippen molar-refractivity contribution in [2.24, 2.45) is 0 Å².